The first-order chi connectivity index (χ1) is 8.40. The van der Waals surface area contributed by atoms with Crippen LogP contribution in [0, 0.1) is 0 Å². The van der Waals surface area contributed by atoms with Crippen molar-refractivity contribution < 1.29 is 13.2 Å². The third-order valence-corrected chi connectivity index (χ3v) is 3.51. The molecule has 0 atom stereocenters. The molecule has 1 aliphatic rings. The lowest BCUT2D eigenvalue weighted by atomic mass is 10.0. The highest BCUT2D eigenvalue weighted by Gasteiger charge is 2.22. The Hall–Kier alpha value is -1.56. The summed E-state index contributed by atoms with van der Waals surface area (Å²) in [4.78, 5) is 13.4. The first-order valence-corrected chi connectivity index (χ1v) is 7.71. The van der Waals surface area contributed by atoms with Crippen LogP contribution in [-0.2, 0) is 21.2 Å². The van der Waals surface area contributed by atoms with Crippen molar-refractivity contribution >= 4 is 27.3 Å². The number of nitrogens with zero attached hydrogens (tertiary/aromatic N) is 1. The number of benzene rings is 1. The van der Waals surface area contributed by atoms with Crippen LogP contribution in [-0.4, -0.2) is 27.1 Å². The molecule has 98 valence electrons. The van der Waals surface area contributed by atoms with Gasteiger partial charge in [0.2, 0.25) is 15.9 Å². The maximum absolute atomic E-state index is 11.7. The molecule has 5 nitrogen and oxygen atoms in total. The molecule has 0 aromatic heterocycles. The third-order valence-electron chi connectivity index (χ3n) is 2.90. The largest absolute Gasteiger partial charge is 0.312 e. The van der Waals surface area contributed by atoms with Crippen molar-refractivity contribution in [2.75, 3.05) is 22.4 Å². The summed E-state index contributed by atoms with van der Waals surface area (Å²) in [6.07, 6.45) is 2.25. The minimum atomic E-state index is -3.26. The number of hydrogen-bond acceptors (Lipinski definition) is 3. The molecule has 0 spiro atoms. The van der Waals surface area contributed by atoms with Gasteiger partial charge < -0.3 is 4.90 Å². The zero-order chi connectivity index (χ0) is 13.3. The Morgan fingerprint density at radius 2 is 2.06 bits per heavy atom. The van der Waals surface area contributed by atoms with Crippen LogP contribution in [0.4, 0.5) is 11.4 Å². The average molecular weight is 268 g/mol. The van der Waals surface area contributed by atoms with Crippen LogP contribution in [0.5, 0.6) is 0 Å². The van der Waals surface area contributed by atoms with Crippen LogP contribution >= 0.6 is 0 Å². The predicted octanol–water partition coefficient (Wildman–Crippen LogP) is 1.36. The molecule has 1 N–H and O–H groups in total. The smallest absolute Gasteiger partial charge is 0.229 e. The molecule has 0 saturated carbocycles. The maximum Gasteiger partial charge on any atom is 0.229 e. The second-order valence-electron chi connectivity index (χ2n) is 4.36. The van der Waals surface area contributed by atoms with E-state index in [9.17, 15) is 13.2 Å². The molecule has 0 radical (unpaired) electrons. The van der Waals surface area contributed by atoms with E-state index in [4.69, 9.17) is 0 Å². The first kappa shape index (κ1) is 12.9. The Bertz CT molecular complexity index is 581. The maximum atomic E-state index is 11.7. The molecule has 18 heavy (non-hydrogen) atoms. The highest BCUT2D eigenvalue weighted by Crippen LogP contribution is 2.30. The number of fused-ring (bicyclic) bond motifs is 1. The molecule has 1 aromatic carbocycles. The second-order valence-corrected chi connectivity index (χ2v) is 6.10. The lowest BCUT2D eigenvalue weighted by molar-refractivity contribution is -0.118. The Kier molecular flexibility index (Phi) is 3.30. The van der Waals surface area contributed by atoms with Crippen LogP contribution in [0.15, 0.2) is 18.2 Å². The molecular formula is C12H16N2O3S. The monoisotopic (exact) mass is 268 g/mol. The molecule has 1 aliphatic heterocycles. The lowest BCUT2D eigenvalue weighted by Crippen LogP contribution is -2.34. The van der Waals surface area contributed by atoms with Crippen molar-refractivity contribution in [1.82, 2.24) is 0 Å². The van der Waals surface area contributed by atoms with Crippen LogP contribution in [0.2, 0.25) is 0 Å². The molecule has 0 fully saturated rings. The zero-order valence-corrected chi connectivity index (χ0v) is 11.3. The normalized spacial score (nSPS) is 15.4. The number of rotatable bonds is 3. The van der Waals surface area contributed by atoms with Gasteiger partial charge >= 0.3 is 0 Å². The van der Waals surface area contributed by atoms with Crippen molar-refractivity contribution in [3.05, 3.63) is 23.8 Å². The fraction of sp³-hybridized carbons (Fsp3) is 0.417. The molecule has 1 heterocycles. The van der Waals surface area contributed by atoms with Crippen molar-refractivity contribution in [3.63, 3.8) is 0 Å². The highest BCUT2D eigenvalue weighted by molar-refractivity contribution is 7.92. The molecule has 0 unspecified atom stereocenters. The van der Waals surface area contributed by atoms with Gasteiger partial charge in [0, 0.05) is 24.3 Å². The van der Waals surface area contributed by atoms with Gasteiger partial charge in [0.05, 0.1) is 6.26 Å². The van der Waals surface area contributed by atoms with E-state index in [0.29, 0.717) is 25.1 Å². The number of hydrogen-bond donors (Lipinski definition) is 1. The molecule has 0 aliphatic carbocycles. The standard InChI is InChI=1S/C12H16N2O3S/c1-3-14-11-6-5-10(13-18(2,16)17)8-9(11)4-7-12(14)15/h5-6,8,13H,3-4,7H2,1-2H3. The zero-order valence-electron chi connectivity index (χ0n) is 10.4. The molecule has 1 aromatic rings. The molecular weight excluding hydrogens is 252 g/mol. The van der Waals surface area contributed by atoms with E-state index in [2.05, 4.69) is 4.72 Å². The molecule has 0 bridgehead atoms. The van der Waals surface area contributed by atoms with Gasteiger partial charge in [0.25, 0.3) is 0 Å². The van der Waals surface area contributed by atoms with E-state index in [0.717, 1.165) is 17.5 Å². The van der Waals surface area contributed by atoms with E-state index in [1.807, 2.05) is 6.92 Å². The van der Waals surface area contributed by atoms with Crippen molar-refractivity contribution in [3.8, 4) is 0 Å². The number of anilines is 2. The molecule has 2 rings (SSSR count). The summed E-state index contributed by atoms with van der Waals surface area (Å²) in [5.41, 5.74) is 2.43. The second kappa shape index (κ2) is 4.61. The predicted molar refractivity (Wildman–Crippen MR) is 71.3 cm³/mol. The van der Waals surface area contributed by atoms with Gasteiger partial charge in [-0.15, -0.1) is 0 Å². The van der Waals surface area contributed by atoms with Gasteiger partial charge in [0.1, 0.15) is 0 Å². The van der Waals surface area contributed by atoms with Gasteiger partial charge in [-0.2, -0.15) is 0 Å². The summed E-state index contributed by atoms with van der Waals surface area (Å²) >= 11 is 0. The Morgan fingerprint density at radius 3 is 2.67 bits per heavy atom. The summed E-state index contributed by atoms with van der Waals surface area (Å²) in [5.74, 6) is 0.119. The summed E-state index contributed by atoms with van der Waals surface area (Å²) in [6, 6.07) is 5.27. The third kappa shape index (κ3) is 2.64. The van der Waals surface area contributed by atoms with E-state index in [1.54, 1.807) is 23.1 Å². The first-order valence-electron chi connectivity index (χ1n) is 5.82. The molecule has 6 heteroatoms. The average Bonchev–Trinajstić information content (AvgIpc) is 2.27. The van der Waals surface area contributed by atoms with Gasteiger partial charge in [-0.1, -0.05) is 0 Å². The van der Waals surface area contributed by atoms with Crippen LogP contribution < -0.4 is 9.62 Å². The van der Waals surface area contributed by atoms with Gasteiger partial charge in [-0.25, -0.2) is 8.42 Å². The Labute approximate surface area is 107 Å². The Balaban J connectivity index is 2.36. The summed E-state index contributed by atoms with van der Waals surface area (Å²) < 4.78 is 24.8. The lowest BCUT2D eigenvalue weighted by Gasteiger charge is -2.28. The van der Waals surface area contributed by atoms with Crippen LogP contribution in [0.25, 0.3) is 0 Å². The minimum Gasteiger partial charge on any atom is -0.312 e. The van der Waals surface area contributed by atoms with Crippen LogP contribution in [0.1, 0.15) is 18.9 Å². The van der Waals surface area contributed by atoms with Gasteiger partial charge in [-0.3, -0.25) is 9.52 Å². The summed E-state index contributed by atoms with van der Waals surface area (Å²) in [6.45, 7) is 2.56. The van der Waals surface area contributed by atoms with E-state index < -0.39 is 10.0 Å². The van der Waals surface area contributed by atoms with E-state index in [1.165, 1.54) is 0 Å². The molecule has 1 amide bonds. The van der Waals surface area contributed by atoms with Crippen molar-refractivity contribution in [1.29, 1.82) is 0 Å². The fourth-order valence-corrected chi connectivity index (χ4v) is 2.74. The van der Waals surface area contributed by atoms with Gasteiger partial charge in [-0.05, 0) is 37.1 Å². The summed E-state index contributed by atoms with van der Waals surface area (Å²) in [7, 11) is -3.26. The van der Waals surface area contributed by atoms with Crippen molar-refractivity contribution in [2.24, 2.45) is 0 Å². The van der Waals surface area contributed by atoms with E-state index in [-0.39, 0.29) is 5.91 Å². The number of carbonyl (C=O) groups excluding carboxylic acids is 1. The fourth-order valence-electron chi connectivity index (χ4n) is 2.18. The topological polar surface area (TPSA) is 66.5 Å². The Morgan fingerprint density at radius 1 is 1.33 bits per heavy atom. The summed E-state index contributed by atoms with van der Waals surface area (Å²) in [5, 5.41) is 0. The number of carbonyl (C=O) groups is 1. The molecule has 0 saturated heterocycles. The van der Waals surface area contributed by atoms with Gasteiger partial charge in [0.15, 0.2) is 0 Å². The SMILES string of the molecule is CCN1C(=O)CCc2cc(NS(C)(=O)=O)ccc21. The quantitative estimate of drug-likeness (QED) is 0.900. The number of nitrogens with one attached hydrogen (secondary N) is 1. The number of aryl methyl sites for hydroxylation is 1. The highest BCUT2D eigenvalue weighted by atomic mass is 32.2. The number of amides is 1. The van der Waals surface area contributed by atoms with Crippen molar-refractivity contribution in [2.45, 2.75) is 19.8 Å². The minimum absolute atomic E-state index is 0.119. The number of sulfonamides is 1. The van der Waals surface area contributed by atoms with E-state index >= 15 is 0 Å². The van der Waals surface area contributed by atoms with Crippen LogP contribution in [0.3, 0.4) is 0 Å².